The highest BCUT2D eigenvalue weighted by Crippen LogP contribution is 2.30. The average Bonchev–Trinajstić information content (AvgIpc) is 2.71. The van der Waals surface area contributed by atoms with Gasteiger partial charge in [0.15, 0.2) is 0 Å². The number of benzene rings is 2. The smallest absolute Gasteiger partial charge is 0.0328 e. The fourth-order valence-electron chi connectivity index (χ4n) is 3.24. The molecule has 1 nitrogen and oxygen atoms in total. The number of hydrogen-bond acceptors (Lipinski definition) is 1. The van der Waals surface area contributed by atoms with E-state index in [1.165, 1.54) is 42.4 Å². The first-order valence-corrected chi connectivity index (χ1v) is 8.62. The van der Waals surface area contributed by atoms with Crippen molar-refractivity contribution in [1.29, 1.82) is 0 Å². The maximum absolute atomic E-state index is 3.84. The molecule has 2 atom stereocenters. The van der Waals surface area contributed by atoms with E-state index in [1.807, 2.05) is 0 Å². The van der Waals surface area contributed by atoms with Crippen molar-refractivity contribution in [3.05, 3.63) is 69.7 Å². The van der Waals surface area contributed by atoms with Crippen LogP contribution in [0, 0.1) is 0 Å². The highest BCUT2D eigenvalue weighted by molar-refractivity contribution is 9.10. The fraction of sp³-hybridized carbons (Fsp3) is 0.368. The Morgan fingerprint density at radius 2 is 1.81 bits per heavy atom. The van der Waals surface area contributed by atoms with Gasteiger partial charge in [-0.05, 0) is 55.0 Å². The summed E-state index contributed by atoms with van der Waals surface area (Å²) in [5.41, 5.74) is 4.37. The molecule has 0 saturated heterocycles. The SMILES string of the molecule is C[C@@H](NC1CCCCc2ccccc21)c1ccc(Br)cc1. The Kier molecular flexibility index (Phi) is 4.77. The summed E-state index contributed by atoms with van der Waals surface area (Å²) in [6, 6.07) is 18.4. The molecule has 0 aromatic heterocycles. The summed E-state index contributed by atoms with van der Waals surface area (Å²) in [6.45, 7) is 2.26. The molecular formula is C19H22BrN. The first-order valence-electron chi connectivity index (χ1n) is 7.83. The summed E-state index contributed by atoms with van der Waals surface area (Å²) in [5, 5.41) is 3.84. The first-order chi connectivity index (χ1) is 10.2. The number of halogens is 1. The van der Waals surface area contributed by atoms with Gasteiger partial charge in [-0.2, -0.15) is 0 Å². The van der Waals surface area contributed by atoms with Crippen molar-refractivity contribution < 1.29 is 0 Å². The molecule has 0 radical (unpaired) electrons. The van der Waals surface area contributed by atoms with Crippen molar-refractivity contribution in [2.45, 2.75) is 44.7 Å². The largest absolute Gasteiger partial charge is 0.303 e. The van der Waals surface area contributed by atoms with Crippen LogP contribution in [0.4, 0.5) is 0 Å². The van der Waals surface area contributed by atoms with Crippen LogP contribution in [0.1, 0.15) is 55.0 Å². The highest BCUT2D eigenvalue weighted by atomic mass is 79.9. The van der Waals surface area contributed by atoms with E-state index >= 15 is 0 Å². The van der Waals surface area contributed by atoms with E-state index in [1.54, 1.807) is 0 Å². The van der Waals surface area contributed by atoms with Crippen molar-refractivity contribution in [2.24, 2.45) is 0 Å². The summed E-state index contributed by atoms with van der Waals surface area (Å²) < 4.78 is 1.14. The van der Waals surface area contributed by atoms with Crippen LogP contribution >= 0.6 is 15.9 Å². The molecule has 0 amide bonds. The van der Waals surface area contributed by atoms with Gasteiger partial charge in [0.05, 0.1) is 0 Å². The van der Waals surface area contributed by atoms with Crippen LogP contribution in [-0.2, 0) is 6.42 Å². The van der Waals surface area contributed by atoms with Gasteiger partial charge in [-0.1, -0.05) is 58.7 Å². The molecule has 1 unspecified atom stereocenters. The number of rotatable bonds is 3. The summed E-state index contributed by atoms with van der Waals surface area (Å²) in [6.07, 6.45) is 5.07. The van der Waals surface area contributed by atoms with Crippen LogP contribution in [0.25, 0.3) is 0 Å². The zero-order valence-electron chi connectivity index (χ0n) is 12.5. The summed E-state index contributed by atoms with van der Waals surface area (Å²) in [4.78, 5) is 0. The Balaban J connectivity index is 1.79. The van der Waals surface area contributed by atoms with Crippen molar-refractivity contribution in [1.82, 2.24) is 5.32 Å². The monoisotopic (exact) mass is 343 g/mol. The minimum absolute atomic E-state index is 0.370. The first kappa shape index (κ1) is 14.8. The summed E-state index contributed by atoms with van der Waals surface area (Å²) >= 11 is 3.50. The highest BCUT2D eigenvalue weighted by Gasteiger charge is 2.20. The van der Waals surface area contributed by atoms with Crippen LogP contribution in [0.2, 0.25) is 0 Å². The van der Waals surface area contributed by atoms with Crippen molar-refractivity contribution in [2.75, 3.05) is 0 Å². The summed E-state index contributed by atoms with van der Waals surface area (Å²) in [5.74, 6) is 0. The maximum atomic E-state index is 3.84. The predicted octanol–water partition coefficient (Wildman–Crippen LogP) is 5.57. The standard InChI is InChI=1S/C19H22BrN/c1-14(15-10-12-17(20)13-11-15)21-19-9-5-3-7-16-6-2-4-8-18(16)19/h2,4,6,8,10-14,19,21H,3,5,7,9H2,1H3/t14-,19?/m1/s1. The van der Waals surface area contributed by atoms with Gasteiger partial charge in [0.2, 0.25) is 0 Å². The second kappa shape index (κ2) is 6.76. The van der Waals surface area contributed by atoms with Gasteiger partial charge in [-0.3, -0.25) is 0 Å². The van der Waals surface area contributed by atoms with Gasteiger partial charge in [0, 0.05) is 16.6 Å². The Morgan fingerprint density at radius 3 is 2.62 bits per heavy atom. The third-order valence-corrected chi connectivity index (χ3v) is 4.97. The molecule has 0 fully saturated rings. The van der Waals surface area contributed by atoms with Crippen LogP contribution in [0.3, 0.4) is 0 Å². The number of fused-ring (bicyclic) bond motifs is 1. The topological polar surface area (TPSA) is 12.0 Å². The van der Waals surface area contributed by atoms with E-state index in [4.69, 9.17) is 0 Å². The van der Waals surface area contributed by atoms with Gasteiger partial charge >= 0.3 is 0 Å². The van der Waals surface area contributed by atoms with Crippen molar-refractivity contribution in [3.63, 3.8) is 0 Å². The number of aryl methyl sites for hydroxylation is 1. The van der Waals surface area contributed by atoms with Gasteiger partial charge in [0.25, 0.3) is 0 Å². The molecule has 0 heterocycles. The second-order valence-electron chi connectivity index (χ2n) is 5.94. The molecule has 110 valence electrons. The average molecular weight is 344 g/mol. The molecule has 0 bridgehead atoms. The molecule has 3 rings (SSSR count). The summed E-state index contributed by atoms with van der Waals surface area (Å²) in [7, 11) is 0. The minimum atomic E-state index is 0.370. The van der Waals surface area contributed by atoms with E-state index in [2.05, 4.69) is 76.7 Å². The Bertz CT molecular complexity index is 591. The molecule has 2 aromatic rings. The minimum Gasteiger partial charge on any atom is -0.303 e. The lowest BCUT2D eigenvalue weighted by Crippen LogP contribution is -2.24. The zero-order chi connectivity index (χ0) is 14.7. The van der Waals surface area contributed by atoms with Crippen LogP contribution in [-0.4, -0.2) is 0 Å². The Labute approximate surface area is 135 Å². The molecule has 2 heteroatoms. The zero-order valence-corrected chi connectivity index (χ0v) is 14.1. The lowest BCUT2D eigenvalue weighted by Gasteiger charge is -2.24. The molecule has 0 saturated carbocycles. The van der Waals surface area contributed by atoms with Gasteiger partial charge in [-0.15, -0.1) is 0 Å². The molecule has 1 N–H and O–H groups in total. The molecule has 2 aromatic carbocycles. The Hall–Kier alpha value is -1.12. The van der Waals surface area contributed by atoms with Gasteiger partial charge in [-0.25, -0.2) is 0 Å². The predicted molar refractivity (Wildman–Crippen MR) is 92.4 cm³/mol. The molecule has 0 aliphatic heterocycles. The second-order valence-corrected chi connectivity index (χ2v) is 6.85. The van der Waals surface area contributed by atoms with E-state index in [0.29, 0.717) is 12.1 Å². The van der Waals surface area contributed by atoms with Gasteiger partial charge in [0.1, 0.15) is 0 Å². The Morgan fingerprint density at radius 1 is 1.05 bits per heavy atom. The van der Waals surface area contributed by atoms with Gasteiger partial charge < -0.3 is 5.32 Å². The normalized spacial score (nSPS) is 19.6. The van der Waals surface area contributed by atoms with Crippen molar-refractivity contribution in [3.8, 4) is 0 Å². The molecule has 1 aliphatic rings. The van der Waals surface area contributed by atoms with E-state index in [0.717, 1.165) is 4.47 Å². The lowest BCUT2D eigenvalue weighted by molar-refractivity contribution is 0.437. The van der Waals surface area contributed by atoms with E-state index in [9.17, 15) is 0 Å². The van der Waals surface area contributed by atoms with Crippen LogP contribution in [0.5, 0.6) is 0 Å². The third kappa shape index (κ3) is 3.56. The lowest BCUT2D eigenvalue weighted by atomic mass is 9.97. The molecular weight excluding hydrogens is 322 g/mol. The van der Waals surface area contributed by atoms with E-state index < -0.39 is 0 Å². The molecule has 21 heavy (non-hydrogen) atoms. The van der Waals surface area contributed by atoms with Crippen LogP contribution in [0.15, 0.2) is 53.0 Å². The fourth-order valence-corrected chi connectivity index (χ4v) is 3.51. The molecule has 0 spiro atoms. The van der Waals surface area contributed by atoms with E-state index in [-0.39, 0.29) is 0 Å². The molecule has 1 aliphatic carbocycles. The number of nitrogens with one attached hydrogen (secondary N) is 1. The maximum Gasteiger partial charge on any atom is 0.0328 e. The van der Waals surface area contributed by atoms with Crippen molar-refractivity contribution >= 4 is 15.9 Å². The quantitative estimate of drug-likeness (QED) is 0.718. The number of hydrogen-bond donors (Lipinski definition) is 1. The third-order valence-electron chi connectivity index (χ3n) is 4.44. The van der Waals surface area contributed by atoms with Crippen LogP contribution < -0.4 is 5.32 Å².